The highest BCUT2D eigenvalue weighted by atomic mass is 35.5. The first-order valence-corrected chi connectivity index (χ1v) is 7.87. The van der Waals surface area contributed by atoms with Crippen LogP contribution in [0.15, 0.2) is 30.3 Å². The SMILES string of the molecule is COC(=O)CCN1CCC(N(C(=O)OC)c2ccccc2)CC1.Cl. The van der Waals surface area contributed by atoms with Gasteiger partial charge in [-0.1, -0.05) is 18.2 Å². The molecule has 134 valence electrons. The van der Waals surface area contributed by atoms with E-state index in [0.29, 0.717) is 13.0 Å². The number of halogens is 1. The van der Waals surface area contributed by atoms with Gasteiger partial charge in [0.05, 0.1) is 20.6 Å². The summed E-state index contributed by atoms with van der Waals surface area (Å²) in [6, 6.07) is 9.70. The molecule has 0 bridgehead atoms. The molecule has 0 spiro atoms. The second-order valence-electron chi connectivity index (χ2n) is 5.57. The molecule has 0 unspecified atom stereocenters. The molecule has 0 aliphatic carbocycles. The zero-order valence-corrected chi connectivity index (χ0v) is 15.0. The van der Waals surface area contributed by atoms with Gasteiger partial charge < -0.3 is 14.4 Å². The quantitative estimate of drug-likeness (QED) is 0.759. The Morgan fingerprint density at radius 2 is 1.75 bits per heavy atom. The number of likely N-dealkylation sites (tertiary alicyclic amines) is 1. The van der Waals surface area contributed by atoms with Crippen molar-refractivity contribution in [2.75, 3.05) is 38.8 Å². The van der Waals surface area contributed by atoms with Crippen molar-refractivity contribution in [3.05, 3.63) is 30.3 Å². The third kappa shape index (κ3) is 5.39. The smallest absolute Gasteiger partial charge is 0.414 e. The molecule has 1 heterocycles. The normalized spacial score (nSPS) is 15.2. The molecule has 0 radical (unpaired) electrons. The summed E-state index contributed by atoms with van der Waals surface area (Å²) in [5, 5.41) is 0. The second kappa shape index (κ2) is 10.2. The van der Waals surface area contributed by atoms with Crippen molar-refractivity contribution in [1.82, 2.24) is 4.90 Å². The molecule has 7 heteroatoms. The number of para-hydroxylation sites is 1. The van der Waals surface area contributed by atoms with Crippen LogP contribution in [-0.2, 0) is 14.3 Å². The summed E-state index contributed by atoms with van der Waals surface area (Å²) in [5.74, 6) is -0.187. The van der Waals surface area contributed by atoms with Crippen molar-refractivity contribution < 1.29 is 19.1 Å². The number of benzene rings is 1. The van der Waals surface area contributed by atoms with Crippen LogP contribution in [0.5, 0.6) is 0 Å². The predicted octanol–water partition coefficient (Wildman–Crippen LogP) is 2.71. The van der Waals surface area contributed by atoms with E-state index in [-0.39, 0.29) is 30.5 Å². The number of esters is 1. The molecular weight excluding hydrogens is 332 g/mol. The minimum absolute atomic E-state index is 0. The van der Waals surface area contributed by atoms with E-state index in [1.54, 1.807) is 4.90 Å². The van der Waals surface area contributed by atoms with Crippen LogP contribution in [0.3, 0.4) is 0 Å². The number of methoxy groups -OCH3 is 2. The molecule has 1 aromatic rings. The van der Waals surface area contributed by atoms with Crippen LogP contribution in [0.4, 0.5) is 10.5 Å². The number of carbonyl (C=O) groups excluding carboxylic acids is 2. The van der Waals surface area contributed by atoms with Gasteiger partial charge in [0.2, 0.25) is 0 Å². The maximum absolute atomic E-state index is 12.2. The molecule has 1 saturated heterocycles. The van der Waals surface area contributed by atoms with Crippen molar-refractivity contribution in [2.45, 2.75) is 25.3 Å². The van der Waals surface area contributed by atoms with Gasteiger partial charge in [-0.05, 0) is 25.0 Å². The average molecular weight is 357 g/mol. The standard InChI is InChI=1S/C17H24N2O4.ClH/c1-22-16(20)10-13-18-11-8-15(9-12-18)19(17(21)23-2)14-6-4-3-5-7-14;/h3-7,15H,8-13H2,1-2H3;1H. The van der Waals surface area contributed by atoms with E-state index >= 15 is 0 Å². The highest BCUT2D eigenvalue weighted by Gasteiger charge is 2.29. The van der Waals surface area contributed by atoms with Gasteiger partial charge in [-0.2, -0.15) is 0 Å². The third-order valence-corrected chi connectivity index (χ3v) is 4.19. The number of rotatable bonds is 5. The summed E-state index contributed by atoms with van der Waals surface area (Å²) < 4.78 is 9.62. The fraction of sp³-hybridized carbons (Fsp3) is 0.529. The first kappa shape index (κ1) is 20.3. The molecule has 0 aromatic heterocycles. The summed E-state index contributed by atoms with van der Waals surface area (Å²) in [6.07, 6.45) is 1.78. The average Bonchev–Trinajstić information content (AvgIpc) is 2.61. The lowest BCUT2D eigenvalue weighted by Gasteiger charge is -2.37. The molecule has 1 aromatic carbocycles. The van der Waals surface area contributed by atoms with Gasteiger partial charge in [-0.15, -0.1) is 12.4 Å². The molecule has 1 fully saturated rings. The van der Waals surface area contributed by atoms with Crippen molar-refractivity contribution in [1.29, 1.82) is 0 Å². The number of hydrogen-bond acceptors (Lipinski definition) is 5. The summed E-state index contributed by atoms with van der Waals surface area (Å²) in [5.41, 5.74) is 0.854. The Morgan fingerprint density at radius 1 is 1.12 bits per heavy atom. The molecule has 0 N–H and O–H groups in total. The van der Waals surface area contributed by atoms with Crippen LogP contribution in [0.25, 0.3) is 0 Å². The van der Waals surface area contributed by atoms with E-state index in [9.17, 15) is 9.59 Å². The van der Waals surface area contributed by atoms with Gasteiger partial charge in [0.1, 0.15) is 0 Å². The lowest BCUT2D eigenvalue weighted by atomic mass is 10.0. The largest absolute Gasteiger partial charge is 0.469 e. The molecule has 1 amide bonds. The van der Waals surface area contributed by atoms with Crippen LogP contribution in [0.1, 0.15) is 19.3 Å². The molecular formula is C17H25ClN2O4. The summed E-state index contributed by atoms with van der Waals surface area (Å²) in [6.45, 7) is 2.40. The third-order valence-electron chi connectivity index (χ3n) is 4.19. The van der Waals surface area contributed by atoms with Gasteiger partial charge in [0, 0.05) is 31.4 Å². The number of ether oxygens (including phenoxy) is 2. The van der Waals surface area contributed by atoms with Gasteiger partial charge in [0.15, 0.2) is 0 Å². The monoisotopic (exact) mass is 356 g/mol. The number of anilines is 1. The van der Waals surface area contributed by atoms with E-state index in [1.807, 2.05) is 30.3 Å². The van der Waals surface area contributed by atoms with Crippen molar-refractivity contribution >= 4 is 30.2 Å². The lowest BCUT2D eigenvalue weighted by molar-refractivity contribution is -0.141. The van der Waals surface area contributed by atoms with E-state index in [2.05, 4.69) is 9.64 Å². The van der Waals surface area contributed by atoms with Crippen LogP contribution in [0.2, 0.25) is 0 Å². The van der Waals surface area contributed by atoms with Crippen molar-refractivity contribution in [3.8, 4) is 0 Å². The Hall–Kier alpha value is -1.79. The number of amides is 1. The zero-order valence-electron chi connectivity index (χ0n) is 14.1. The molecule has 1 aliphatic heterocycles. The number of piperidine rings is 1. The second-order valence-corrected chi connectivity index (χ2v) is 5.57. The molecule has 24 heavy (non-hydrogen) atoms. The lowest BCUT2D eigenvalue weighted by Crippen LogP contribution is -2.48. The summed E-state index contributed by atoms with van der Waals surface area (Å²) in [4.78, 5) is 27.4. The van der Waals surface area contributed by atoms with Gasteiger partial charge >= 0.3 is 12.1 Å². The maximum atomic E-state index is 12.2. The highest BCUT2D eigenvalue weighted by Crippen LogP contribution is 2.24. The topological polar surface area (TPSA) is 59.1 Å². The van der Waals surface area contributed by atoms with Crippen molar-refractivity contribution in [3.63, 3.8) is 0 Å². The van der Waals surface area contributed by atoms with E-state index in [1.165, 1.54) is 14.2 Å². The highest BCUT2D eigenvalue weighted by molar-refractivity contribution is 5.88. The van der Waals surface area contributed by atoms with Crippen LogP contribution >= 0.6 is 12.4 Å². The fourth-order valence-electron chi connectivity index (χ4n) is 2.90. The van der Waals surface area contributed by atoms with E-state index in [4.69, 9.17) is 4.74 Å². The summed E-state index contributed by atoms with van der Waals surface area (Å²) in [7, 11) is 2.81. The van der Waals surface area contributed by atoms with Gasteiger partial charge in [-0.25, -0.2) is 4.79 Å². The van der Waals surface area contributed by atoms with E-state index in [0.717, 1.165) is 31.6 Å². The minimum atomic E-state index is -0.329. The Labute approximate surface area is 149 Å². The summed E-state index contributed by atoms with van der Waals surface area (Å²) >= 11 is 0. The van der Waals surface area contributed by atoms with Gasteiger partial charge in [-0.3, -0.25) is 9.69 Å². The minimum Gasteiger partial charge on any atom is -0.469 e. The van der Waals surface area contributed by atoms with Crippen molar-refractivity contribution in [2.24, 2.45) is 0 Å². The Kier molecular flexibility index (Phi) is 8.57. The van der Waals surface area contributed by atoms with Crippen LogP contribution < -0.4 is 4.90 Å². The molecule has 2 rings (SSSR count). The van der Waals surface area contributed by atoms with Crippen LogP contribution in [0, 0.1) is 0 Å². The maximum Gasteiger partial charge on any atom is 0.414 e. The Bertz CT molecular complexity index is 519. The molecule has 0 saturated carbocycles. The zero-order chi connectivity index (χ0) is 16.7. The number of nitrogens with zero attached hydrogens (tertiary/aromatic N) is 2. The van der Waals surface area contributed by atoms with Gasteiger partial charge in [0.25, 0.3) is 0 Å². The first-order chi connectivity index (χ1) is 11.2. The van der Waals surface area contributed by atoms with E-state index < -0.39 is 0 Å². The number of carbonyl (C=O) groups is 2. The Balaban J connectivity index is 0.00000288. The molecule has 0 atom stereocenters. The molecule has 1 aliphatic rings. The fourth-order valence-corrected chi connectivity index (χ4v) is 2.90. The first-order valence-electron chi connectivity index (χ1n) is 7.87. The number of hydrogen-bond donors (Lipinski definition) is 0. The predicted molar refractivity (Wildman–Crippen MR) is 94.7 cm³/mol. The van der Waals surface area contributed by atoms with Crippen LogP contribution in [-0.4, -0.2) is 56.9 Å². The Morgan fingerprint density at radius 3 is 2.29 bits per heavy atom. The molecule has 6 nitrogen and oxygen atoms in total.